The number of amides is 3. The number of alkyl halides is 3. The highest BCUT2D eigenvalue weighted by Crippen LogP contribution is 2.31. The van der Waals surface area contributed by atoms with Crippen molar-refractivity contribution in [1.82, 2.24) is 4.90 Å². The largest absolute Gasteiger partial charge is 0.416 e. The van der Waals surface area contributed by atoms with Gasteiger partial charge in [-0.25, -0.2) is 4.79 Å². The molecule has 0 aliphatic carbocycles. The van der Waals surface area contributed by atoms with Gasteiger partial charge in [-0.1, -0.05) is 6.07 Å². The van der Waals surface area contributed by atoms with Crippen LogP contribution in [0.2, 0.25) is 0 Å². The highest BCUT2D eigenvalue weighted by molar-refractivity contribution is 6.04. The molecule has 0 radical (unpaired) electrons. The Kier molecular flexibility index (Phi) is 7.27. The molecule has 1 aliphatic heterocycles. The quantitative estimate of drug-likeness (QED) is 0.619. The normalized spacial score (nSPS) is 13.7. The van der Waals surface area contributed by atoms with Gasteiger partial charge >= 0.3 is 12.2 Å². The van der Waals surface area contributed by atoms with E-state index < -0.39 is 17.8 Å². The van der Waals surface area contributed by atoms with Crippen LogP contribution in [-0.2, 0) is 6.18 Å². The zero-order valence-electron chi connectivity index (χ0n) is 18.1. The third-order valence-electron chi connectivity index (χ3n) is 5.43. The standard InChI is InChI=1S/C23H27F3N4O2/c1-3-29(4-2)21(31)19-15-18(10-11-20(19)30-12-5-6-13-30)28-22(32)27-17-9-7-8-16(14-17)23(24,25)26/h7-11,14-15H,3-6,12-13H2,1-2H3,(H2,27,28,32). The van der Waals surface area contributed by atoms with Crippen molar-refractivity contribution >= 4 is 29.0 Å². The molecule has 0 saturated carbocycles. The minimum atomic E-state index is -4.50. The number of carbonyl (C=O) groups excluding carboxylic acids is 2. The topological polar surface area (TPSA) is 64.7 Å². The van der Waals surface area contributed by atoms with Gasteiger partial charge in [-0.15, -0.1) is 0 Å². The molecular formula is C23H27F3N4O2. The highest BCUT2D eigenvalue weighted by atomic mass is 19.4. The monoisotopic (exact) mass is 448 g/mol. The molecule has 9 heteroatoms. The van der Waals surface area contributed by atoms with E-state index in [0.29, 0.717) is 24.3 Å². The first-order chi connectivity index (χ1) is 15.2. The van der Waals surface area contributed by atoms with Crippen LogP contribution in [0.4, 0.5) is 35.0 Å². The van der Waals surface area contributed by atoms with Crippen molar-refractivity contribution < 1.29 is 22.8 Å². The van der Waals surface area contributed by atoms with Crippen molar-refractivity contribution in [2.75, 3.05) is 41.7 Å². The summed E-state index contributed by atoms with van der Waals surface area (Å²) in [4.78, 5) is 29.4. The Hall–Kier alpha value is -3.23. The molecule has 0 unspecified atom stereocenters. The van der Waals surface area contributed by atoms with Gasteiger partial charge in [-0.2, -0.15) is 13.2 Å². The van der Waals surface area contributed by atoms with Gasteiger partial charge in [0, 0.05) is 43.2 Å². The van der Waals surface area contributed by atoms with E-state index >= 15 is 0 Å². The summed E-state index contributed by atoms with van der Waals surface area (Å²) in [6, 6.07) is 8.83. The van der Waals surface area contributed by atoms with Crippen molar-refractivity contribution in [1.29, 1.82) is 0 Å². The summed E-state index contributed by atoms with van der Waals surface area (Å²) in [6.45, 7) is 6.65. The predicted octanol–water partition coefficient (Wildman–Crippen LogP) is 5.43. The molecule has 3 amide bonds. The Morgan fingerprint density at radius 3 is 2.19 bits per heavy atom. The number of nitrogens with zero attached hydrogens (tertiary/aromatic N) is 2. The first-order valence-electron chi connectivity index (χ1n) is 10.7. The molecule has 1 aliphatic rings. The number of hydrogen-bond acceptors (Lipinski definition) is 3. The van der Waals surface area contributed by atoms with Crippen LogP contribution in [0.3, 0.4) is 0 Å². The number of nitrogens with one attached hydrogen (secondary N) is 2. The molecule has 1 saturated heterocycles. The van der Waals surface area contributed by atoms with Gasteiger partial charge in [0.2, 0.25) is 0 Å². The second-order valence-electron chi connectivity index (χ2n) is 7.56. The van der Waals surface area contributed by atoms with Crippen LogP contribution in [0.1, 0.15) is 42.6 Å². The average Bonchev–Trinajstić information content (AvgIpc) is 3.28. The minimum absolute atomic E-state index is 0.0189. The van der Waals surface area contributed by atoms with E-state index in [4.69, 9.17) is 0 Å². The maximum atomic E-state index is 13.1. The van der Waals surface area contributed by atoms with Crippen LogP contribution in [0.5, 0.6) is 0 Å². The molecule has 0 bridgehead atoms. The molecule has 1 heterocycles. The van der Waals surface area contributed by atoms with Crippen molar-refractivity contribution in [2.24, 2.45) is 0 Å². The molecule has 2 N–H and O–H groups in total. The minimum Gasteiger partial charge on any atom is -0.371 e. The van der Waals surface area contributed by atoms with E-state index in [-0.39, 0.29) is 11.6 Å². The molecule has 32 heavy (non-hydrogen) atoms. The Labute approximate surface area is 185 Å². The number of hydrogen-bond donors (Lipinski definition) is 2. The summed E-state index contributed by atoms with van der Waals surface area (Å²) in [6.07, 6.45) is -2.39. The number of anilines is 3. The predicted molar refractivity (Wildman–Crippen MR) is 119 cm³/mol. The molecule has 0 aromatic heterocycles. The number of urea groups is 1. The lowest BCUT2D eigenvalue weighted by atomic mass is 10.1. The van der Waals surface area contributed by atoms with E-state index in [0.717, 1.165) is 43.8 Å². The van der Waals surface area contributed by atoms with Crippen LogP contribution in [0.15, 0.2) is 42.5 Å². The number of halogens is 3. The van der Waals surface area contributed by atoms with Crippen LogP contribution < -0.4 is 15.5 Å². The van der Waals surface area contributed by atoms with E-state index in [1.165, 1.54) is 12.1 Å². The Bertz CT molecular complexity index is 968. The third-order valence-corrected chi connectivity index (χ3v) is 5.43. The molecule has 172 valence electrons. The maximum absolute atomic E-state index is 13.1. The zero-order valence-corrected chi connectivity index (χ0v) is 18.1. The van der Waals surface area contributed by atoms with Gasteiger partial charge in [0.15, 0.2) is 0 Å². The van der Waals surface area contributed by atoms with Crippen LogP contribution in [0, 0.1) is 0 Å². The summed E-state index contributed by atoms with van der Waals surface area (Å²) in [5.41, 5.74) is 0.867. The van der Waals surface area contributed by atoms with Crippen molar-refractivity contribution in [3.8, 4) is 0 Å². The van der Waals surface area contributed by atoms with Gasteiger partial charge in [-0.05, 0) is 63.1 Å². The number of carbonyl (C=O) groups is 2. The SMILES string of the molecule is CCN(CC)C(=O)c1cc(NC(=O)Nc2cccc(C(F)(F)F)c2)ccc1N1CCCC1. The molecule has 0 atom stereocenters. The lowest BCUT2D eigenvalue weighted by Crippen LogP contribution is -2.32. The number of rotatable bonds is 6. The summed E-state index contributed by atoms with van der Waals surface area (Å²) >= 11 is 0. The van der Waals surface area contributed by atoms with Crippen molar-refractivity contribution in [2.45, 2.75) is 32.9 Å². The molecule has 3 rings (SSSR count). The Morgan fingerprint density at radius 2 is 1.59 bits per heavy atom. The lowest BCUT2D eigenvalue weighted by Gasteiger charge is -2.25. The van der Waals surface area contributed by atoms with Gasteiger partial charge < -0.3 is 20.4 Å². The summed E-state index contributed by atoms with van der Waals surface area (Å²) in [5, 5.41) is 5.03. The zero-order chi connectivity index (χ0) is 23.3. The highest BCUT2D eigenvalue weighted by Gasteiger charge is 2.30. The molecule has 0 spiro atoms. The Balaban J connectivity index is 1.81. The van der Waals surface area contributed by atoms with Crippen LogP contribution >= 0.6 is 0 Å². The van der Waals surface area contributed by atoms with E-state index in [2.05, 4.69) is 15.5 Å². The van der Waals surface area contributed by atoms with E-state index in [9.17, 15) is 22.8 Å². The van der Waals surface area contributed by atoms with Gasteiger partial charge in [0.1, 0.15) is 0 Å². The summed E-state index contributed by atoms with van der Waals surface area (Å²) in [7, 11) is 0. The Morgan fingerprint density at radius 1 is 0.969 bits per heavy atom. The van der Waals surface area contributed by atoms with Crippen molar-refractivity contribution in [3.63, 3.8) is 0 Å². The first kappa shape index (κ1) is 23.4. The van der Waals surface area contributed by atoms with Gasteiger partial charge in [-0.3, -0.25) is 4.79 Å². The third kappa shape index (κ3) is 5.52. The fourth-order valence-electron chi connectivity index (χ4n) is 3.77. The molecule has 1 fully saturated rings. The second kappa shape index (κ2) is 9.93. The maximum Gasteiger partial charge on any atom is 0.416 e. The lowest BCUT2D eigenvalue weighted by molar-refractivity contribution is -0.137. The molecule has 2 aromatic rings. The fraction of sp³-hybridized carbons (Fsp3) is 0.391. The van der Waals surface area contributed by atoms with Crippen LogP contribution in [0.25, 0.3) is 0 Å². The van der Waals surface area contributed by atoms with E-state index in [1.807, 2.05) is 19.9 Å². The van der Waals surface area contributed by atoms with Crippen molar-refractivity contribution in [3.05, 3.63) is 53.6 Å². The second-order valence-corrected chi connectivity index (χ2v) is 7.56. The summed E-state index contributed by atoms with van der Waals surface area (Å²) < 4.78 is 38.7. The van der Waals surface area contributed by atoms with Gasteiger partial charge in [0.25, 0.3) is 5.91 Å². The number of benzene rings is 2. The van der Waals surface area contributed by atoms with Crippen LogP contribution in [-0.4, -0.2) is 43.0 Å². The smallest absolute Gasteiger partial charge is 0.371 e. The molecular weight excluding hydrogens is 421 g/mol. The summed E-state index contributed by atoms with van der Waals surface area (Å²) in [5.74, 6) is -0.126. The molecule has 6 nitrogen and oxygen atoms in total. The molecule has 2 aromatic carbocycles. The van der Waals surface area contributed by atoms with Gasteiger partial charge in [0.05, 0.1) is 11.1 Å². The fourth-order valence-corrected chi connectivity index (χ4v) is 3.77. The first-order valence-corrected chi connectivity index (χ1v) is 10.7. The average molecular weight is 448 g/mol. The van der Waals surface area contributed by atoms with E-state index in [1.54, 1.807) is 17.0 Å².